The fraction of sp³-hybridized carbons (Fsp3) is 0.444. The lowest BCUT2D eigenvalue weighted by Gasteiger charge is -2.12. The van der Waals surface area contributed by atoms with Gasteiger partial charge in [0.2, 0.25) is 0 Å². The van der Waals surface area contributed by atoms with Crippen molar-refractivity contribution in [3.63, 3.8) is 0 Å². The Morgan fingerprint density at radius 2 is 2.08 bits per heavy atom. The van der Waals surface area contributed by atoms with Crippen LogP contribution in [0.4, 0.5) is 4.39 Å². The molecule has 0 atom stereocenters. The number of aromatic nitrogens is 2. The number of aliphatic imine (C=N–C) groups is 1. The van der Waals surface area contributed by atoms with Crippen LogP contribution in [-0.4, -0.2) is 29.4 Å². The summed E-state index contributed by atoms with van der Waals surface area (Å²) in [5.41, 5.74) is 4.06. The predicted octanol–water partition coefficient (Wildman–Crippen LogP) is 2.44. The first-order valence-electron chi connectivity index (χ1n) is 8.29. The Morgan fingerprint density at radius 3 is 2.64 bits per heavy atom. The minimum atomic E-state index is -0.380. The molecule has 0 saturated carbocycles. The Kier molecular flexibility index (Phi) is 6.38. The molecule has 1 aromatic carbocycles. The van der Waals surface area contributed by atoms with Gasteiger partial charge in [-0.1, -0.05) is 6.07 Å². The number of nitrogens with one attached hydrogen (secondary N) is 2. The monoisotopic (exact) mass is 347 g/mol. The molecule has 7 heteroatoms. The molecule has 0 fully saturated rings. The van der Waals surface area contributed by atoms with E-state index in [-0.39, 0.29) is 11.6 Å². The van der Waals surface area contributed by atoms with Gasteiger partial charge < -0.3 is 15.4 Å². The van der Waals surface area contributed by atoms with Crippen LogP contribution in [0.15, 0.2) is 23.2 Å². The molecular weight excluding hydrogens is 321 g/mol. The van der Waals surface area contributed by atoms with Crippen LogP contribution in [0.1, 0.15) is 29.4 Å². The first-order valence-corrected chi connectivity index (χ1v) is 8.29. The third-order valence-electron chi connectivity index (χ3n) is 4.07. The maximum Gasteiger partial charge on any atom is 0.191 e. The van der Waals surface area contributed by atoms with E-state index >= 15 is 0 Å². The van der Waals surface area contributed by atoms with Gasteiger partial charge in [-0.3, -0.25) is 4.68 Å². The first kappa shape index (κ1) is 18.8. The van der Waals surface area contributed by atoms with Crippen LogP contribution < -0.4 is 15.4 Å². The molecule has 6 nitrogen and oxygen atoms in total. The van der Waals surface area contributed by atoms with Crippen molar-refractivity contribution in [2.24, 2.45) is 12.0 Å². The van der Waals surface area contributed by atoms with E-state index in [4.69, 9.17) is 4.74 Å². The van der Waals surface area contributed by atoms with Crippen LogP contribution in [0.5, 0.6) is 5.75 Å². The second-order valence-corrected chi connectivity index (χ2v) is 5.79. The summed E-state index contributed by atoms with van der Waals surface area (Å²) in [4.78, 5) is 4.52. The van der Waals surface area contributed by atoms with E-state index in [1.165, 1.54) is 13.2 Å². The Bertz CT molecular complexity index is 754. The van der Waals surface area contributed by atoms with Crippen LogP contribution in [0.3, 0.4) is 0 Å². The average Bonchev–Trinajstić information content (AvgIpc) is 2.83. The number of ether oxygens (including phenoxy) is 1. The predicted molar refractivity (Wildman–Crippen MR) is 97.3 cm³/mol. The minimum absolute atomic E-state index is 0.236. The lowest BCUT2D eigenvalue weighted by molar-refractivity contribution is 0.386. The van der Waals surface area contributed by atoms with Crippen molar-refractivity contribution in [3.8, 4) is 5.75 Å². The van der Waals surface area contributed by atoms with Crippen LogP contribution in [-0.2, 0) is 20.1 Å². The highest BCUT2D eigenvalue weighted by molar-refractivity contribution is 5.79. The molecule has 0 aliphatic carbocycles. The smallest absolute Gasteiger partial charge is 0.191 e. The highest BCUT2D eigenvalue weighted by Gasteiger charge is 2.10. The zero-order valence-electron chi connectivity index (χ0n) is 15.5. The summed E-state index contributed by atoms with van der Waals surface area (Å²) < 4.78 is 20.6. The number of methoxy groups -OCH3 is 1. The SMILES string of the molecule is CCNC(=NCc1ccc(OC)c(F)c1)NCc1c(C)nn(C)c1C. The Balaban J connectivity index is 2.06. The molecule has 0 unspecified atom stereocenters. The van der Waals surface area contributed by atoms with E-state index in [9.17, 15) is 4.39 Å². The molecule has 0 aliphatic heterocycles. The number of rotatable bonds is 6. The van der Waals surface area contributed by atoms with Crippen LogP contribution >= 0.6 is 0 Å². The first-order chi connectivity index (χ1) is 12.0. The molecule has 0 radical (unpaired) electrons. The van der Waals surface area contributed by atoms with Crippen LogP contribution in [0.25, 0.3) is 0 Å². The minimum Gasteiger partial charge on any atom is -0.494 e. The third kappa shape index (κ3) is 4.71. The summed E-state index contributed by atoms with van der Waals surface area (Å²) in [6, 6.07) is 4.87. The number of halogens is 1. The van der Waals surface area contributed by atoms with Gasteiger partial charge in [0.1, 0.15) is 0 Å². The van der Waals surface area contributed by atoms with Crippen molar-refractivity contribution in [2.75, 3.05) is 13.7 Å². The van der Waals surface area contributed by atoms with Gasteiger partial charge in [0.25, 0.3) is 0 Å². The Morgan fingerprint density at radius 1 is 1.32 bits per heavy atom. The second kappa shape index (κ2) is 8.50. The normalized spacial score (nSPS) is 11.5. The fourth-order valence-electron chi connectivity index (χ4n) is 2.57. The molecule has 0 bridgehead atoms. The van der Waals surface area contributed by atoms with Gasteiger partial charge >= 0.3 is 0 Å². The molecule has 0 aliphatic rings. The molecule has 0 saturated heterocycles. The highest BCUT2D eigenvalue weighted by atomic mass is 19.1. The number of hydrogen-bond acceptors (Lipinski definition) is 3. The van der Waals surface area contributed by atoms with E-state index in [1.54, 1.807) is 6.07 Å². The summed E-state index contributed by atoms with van der Waals surface area (Å²) >= 11 is 0. The Labute approximate surface area is 148 Å². The molecule has 0 amide bonds. The molecule has 136 valence electrons. The Hall–Kier alpha value is -2.57. The zero-order chi connectivity index (χ0) is 18.4. The van der Waals surface area contributed by atoms with Gasteiger partial charge in [-0.15, -0.1) is 0 Å². The number of aryl methyl sites for hydroxylation is 2. The maximum absolute atomic E-state index is 13.8. The van der Waals surface area contributed by atoms with Gasteiger partial charge in [0.05, 0.1) is 19.3 Å². The topological polar surface area (TPSA) is 63.5 Å². The number of guanidine groups is 1. The summed E-state index contributed by atoms with van der Waals surface area (Å²) in [5.74, 6) is 0.538. The zero-order valence-corrected chi connectivity index (χ0v) is 15.5. The van der Waals surface area contributed by atoms with Crippen molar-refractivity contribution in [3.05, 3.63) is 46.5 Å². The molecule has 2 rings (SSSR count). The maximum atomic E-state index is 13.8. The van der Waals surface area contributed by atoms with Crippen molar-refractivity contribution in [1.29, 1.82) is 0 Å². The lowest BCUT2D eigenvalue weighted by Crippen LogP contribution is -2.37. The molecular formula is C18H26FN5O. The van der Waals surface area contributed by atoms with Crippen molar-refractivity contribution in [1.82, 2.24) is 20.4 Å². The van der Waals surface area contributed by atoms with Crippen molar-refractivity contribution in [2.45, 2.75) is 33.9 Å². The van der Waals surface area contributed by atoms with Gasteiger partial charge in [-0.05, 0) is 38.5 Å². The van der Waals surface area contributed by atoms with E-state index in [1.807, 2.05) is 38.6 Å². The summed E-state index contributed by atoms with van der Waals surface area (Å²) in [7, 11) is 3.38. The van der Waals surface area contributed by atoms with Crippen molar-refractivity contribution < 1.29 is 9.13 Å². The molecule has 2 N–H and O–H groups in total. The molecule has 1 aromatic heterocycles. The fourth-order valence-corrected chi connectivity index (χ4v) is 2.57. The van der Waals surface area contributed by atoms with Gasteiger partial charge in [-0.25, -0.2) is 9.38 Å². The standard InChI is InChI=1S/C18H26FN5O/c1-6-20-18(22-11-15-12(2)23-24(4)13(15)3)21-10-14-7-8-17(25-5)16(19)9-14/h7-9H,6,10-11H2,1-5H3,(H2,20,21,22). The lowest BCUT2D eigenvalue weighted by atomic mass is 10.2. The van der Waals surface area contributed by atoms with Crippen LogP contribution in [0.2, 0.25) is 0 Å². The quantitative estimate of drug-likeness (QED) is 0.622. The van der Waals surface area contributed by atoms with E-state index in [0.717, 1.165) is 29.1 Å². The number of nitrogens with zero attached hydrogens (tertiary/aromatic N) is 3. The number of benzene rings is 1. The average molecular weight is 347 g/mol. The third-order valence-corrected chi connectivity index (χ3v) is 4.07. The molecule has 2 aromatic rings. The second-order valence-electron chi connectivity index (χ2n) is 5.79. The van der Waals surface area contributed by atoms with Gasteiger partial charge in [-0.2, -0.15) is 5.10 Å². The highest BCUT2D eigenvalue weighted by Crippen LogP contribution is 2.18. The van der Waals surface area contributed by atoms with Gasteiger partial charge in [0, 0.05) is 31.4 Å². The van der Waals surface area contributed by atoms with E-state index in [2.05, 4.69) is 20.7 Å². The molecule has 0 spiro atoms. The summed E-state index contributed by atoms with van der Waals surface area (Å²) in [5, 5.41) is 10.9. The molecule has 1 heterocycles. The van der Waals surface area contributed by atoms with Gasteiger partial charge in [0.15, 0.2) is 17.5 Å². The van der Waals surface area contributed by atoms with E-state index in [0.29, 0.717) is 19.0 Å². The summed E-state index contributed by atoms with van der Waals surface area (Å²) in [6.45, 7) is 7.80. The summed E-state index contributed by atoms with van der Waals surface area (Å²) in [6.07, 6.45) is 0. The molecule has 25 heavy (non-hydrogen) atoms. The van der Waals surface area contributed by atoms with Crippen LogP contribution in [0, 0.1) is 19.7 Å². The van der Waals surface area contributed by atoms with E-state index < -0.39 is 0 Å². The number of hydrogen-bond donors (Lipinski definition) is 2. The van der Waals surface area contributed by atoms with Crippen molar-refractivity contribution >= 4 is 5.96 Å². The largest absolute Gasteiger partial charge is 0.494 e.